The van der Waals surface area contributed by atoms with Gasteiger partial charge in [-0.15, -0.1) is 10.2 Å². The molecule has 4 nitrogen and oxygen atoms in total. The number of hydrogen-bond donors (Lipinski definition) is 1. The summed E-state index contributed by atoms with van der Waals surface area (Å²) in [6, 6.07) is 9.75. The first-order chi connectivity index (χ1) is 9.86. The lowest BCUT2D eigenvalue weighted by atomic mass is 9.98. The van der Waals surface area contributed by atoms with E-state index in [1.165, 1.54) is 11.3 Å². The molecule has 0 fully saturated rings. The molecule has 0 aliphatic heterocycles. The van der Waals surface area contributed by atoms with Crippen LogP contribution in [-0.4, -0.2) is 16.1 Å². The highest BCUT2D eigenvalue weighted by atomic mass is 32.1. The van der Waals surface area contributed by atoms with E-state index in [1.807, 2.05) is 36.4 Å². The molecule has 110 valence electrons. The van der Waals surface area contributed by atoms with Crippen molar-refractivity contribution in [2.45, 2.75) is 33.1 Å². The van der Waals surface area contributed by atoms with E-state index >= 15 is 0 Å². The van der Waals surface area contributed by atoms with Gasteiger partial charge in [-0.1, -0.05) is 62.4 Å². The van der Waals surface area contributed by atoms with Gasteiger partial charge in [-0.2, -0.15) is 0 Å². The van der Waals surface area contributed by atoms with Crippen LogP contribution in [0.3, 0.4) is 0 Å². The third-order valence-electron chi connectivity index (χ3n) is 2.83. The molecule has 5 heteroatoms. The van der Waals surface area contributed by atoms with Gasteiger partial charge in [0.25, 0.3) is 5.91 Å². The number of rotatable bonds is 3. The van der Waals surface area contributed by atoms with Crippen LogP contribution < -0.4 is 5.32 Å². The van der Waals surface area contributed by atoms with Crippen molar-refractivity contribution in [1.82, 2.24) is 10.2 Å². The fraction of sp³-hybridized carbons (Fsp3) is 0.312. The van der Waals surface area contributed by atoms with E-state index in [-0.39, 0.29) is 11.3 Å². The molecule has 1 amide bonds. The monoisotopic (exact) mass is 301 g/mol. The minimum absolute atomic E-state index is 0.0600. The molecule has 0 saturated carbocycles. The molecule has 2 aromatic rings. The Kier molecular flexibility index (Phi) is 4.53. The van der Waals surface area contributed by atoms with Crippen LogP contribution in [0, 0.1) is 0 Å². The molecular weight excluding hydrogens is 282 g/mol. The highest BCUT2D eigenvalue weighted by molar-refractivity contribution is 7.15. The van der Waals surface area contributed by atoms with Crippen molar-refractivity contribution in [1.29, 1.82) is 0 Å². The van der Waals surface area contributed by atoms with Crippen LogP contribution in [0.2, 0.25) is 0 Å². The zero-order chi connectivity index (χ0) is 15.5. The zero-order valence-electron chi connectivity index (χ0n) is 12.7. The standard InChI is InChI=1S/C16H19N3OS/c1-11(10-12-8-6-5-7-9-12)13(20)17-15-19-18-14(21-15)16(2,3)4/h5-10H,1-4H3,(H,17,19,20). The van der Waals surface area contributed by atoms with Gasteiger partial charge in [0.1, 0.15) is 5.01 Å². The second-order valence-electron chi connectivity index (χ2n) is 5.85. The predicted octanol–water partition coefficient (Wildman–Crippen LogP) is 3.88. The van der Waals surface area contributed by atoms with Crippen LogP contribution in [0.15, 0.2) is 35.9 Å². The van der Waals surface area contributed by atoms with E-state index in [4.69, 9.17) is 0 Å². The fourth-order valence-corrected chi connectivity index (χ4v) is 2.43. The molecule has 0 unspecified atom stereocenters. The molecule has 0 bridgehead atoms. The Morgan fingerprint density at radius 3 is 2.43 bits per heavy atom. The number of benzene rings is 1. The molecule has 1 aromatic carbocycles. The van der Waals surface area contributed by atoms with Gasteiger partial charge in [-0.05, 0) is 18.6 Å². The summed E-state index contributed by atoms with van der Waals surface area (Å²) in [5.74, 6) is -0.157. The molecule has 1 N–H and O–H groups in total. The molecule has 0 radical (unpaired) electrons. The van der Waals surface area contributed by atoms with Crippen molar-refractivity contribution < 1.29 is 4.79 Å². The van der Waals surface area contributed by atoms with Crippen molar-refractivity contribution in [3.05, 3.63) is 46.5 Å². The maximum absolute atomic E-state index is 12.1. The van der Waals surface area contributed by atoms with Crippen molar-refractivity contribution in [3.63, 3.8) is 0 Å². The van der Waals surface area contributed by atoms with Crippen LogP contribution in [0.5, 0.6) is 0 Å². The summed E-state index contributed by atoms with van der Waals surface area (Å²) in [6.07, 6.45) is 1.85. The molecule has 1 heterocycles. The van der Waals surface area contributed by atoms with Gasteiger partial charge in [0.2, 0.25) is 5.13 Å². The van der Waals surface area contributed by atoms with Crippen molar-refractivity contribution in [2.75, 3.05) is 5.32 Å². The van der Waals surface area contributed by atoms with Crippen LogP contribution in [0.1, 0.15) is 38.3 Å². The maximum Gasteiger partial charge on any atom is 0.253 e. The number of amides is 1. The summed E-state index contributed by atoms with van der Waals surface area (Å²) in [5.41, 5.74) is 1.57. The van der Waals surface area contributed by atoms with Crippen LogP contribution in [-0.2, 0) is 10.2 Å². The third kappa shape index (κ3) is 4.23. The van der Waals surface area contributed by atoms with E-state index in [0.717, 1.165) is 10.6 Å². The Bertz CT molecular complexity index is 654. The van der Waals surface area contributed by atoms with Crippen molar-refractivity contribution >= 4 is 28.5 Å². The molecule has 21 heavy (non-hydrogen) atoms. The number of carbonyl (C=O) groups is 1. The molecular formula is C16H19N3OS. The lowest BCUT2D eigenvalue weighted by molar-refractivity contribution is -0.112. The first-order valence-electron chi connectivity index (χ1n) is 6.75. The normalized spacial score (nSPS) is 12.3. The minimum Gasteiger partial charge on any atom is -0.297 e. The first kappa shape index (κ1) is 15.4. The quantitative estimate of drug-likeness (QED) is 0.875. The van der Waals surface area contributed by atoms with Gasteiger partial charge in [0.05, 0.1) is 0 Å². The Morgan fingerprint density at radius 2 is 1.86 bits per heavy atom. The molecule has 1 aromatic heterocycles. The second kappa shape index (κ2) is 6.18. The van der Waals surface area contributed by atoms with Crippen LogP contribution >= 0.6 is 11.3 Å². The summed E-state index contributed by atoms with van der Waals surface area (Å²) in [4.78, 5) is 12.1. The van der Waals surface area contributed by atoms with Gasteiger partial charge in [-0.25, -0.2) is 0 Å². The van der Waals surface area contributed by atoms with Crippen molar-refractivity contribution in [2.24, 2.45) is 0 Å². The fourth-order valence-electron chi connectivity index (χ4n) is 1.64. The summed E-state index contributed by atoms with van der Waals surface area (Å²) >= 11 is 1.41. The third-order valence-corrected chi connectivity index (χ3v) is 4.09. The SMILES string of the molecule is CC(=Cc1ccccc1)C(=O)Nc1nnc(C(C)(C)C)s1. The van der Waals surface area contributed by atoms with Crippen LogP contribution in [0.4, 0.5) is 5.13 Å². The average Bonchev–Trinajstić information content (AvgIpc) is 2.88. The largest absolute Gasteiger partial charge is 0.297 e. The molecule has 0 spiro atoms. The Labute approximate surface area is 128 Å². The topological polar surface area (TPSA) is 54.9 Å². The molecule has 2 rings (SSSR count). The number of aromatic nitrogens is 2. The average molecular weight is 301 g/mol. The van der Waals surface area contributed by atoms with E-state index < -0.39 is 0 Å². The lowest BCUT2D eigenvalue weighted by Crippen LogP contribution is -2.12. The van der Waals surface area contributed by atoms with E-state index in [9.17, 15) is 4.79 Å². The second-order valence-corrected chi connectivity index (χ2v) is 6.83. The van der Waals surface area contributed by atoms with Gasteiger partial charge in [0, 0.05) is 11.0 Å². The number of anilines is 1. The lowest BCUT2D eigenvalue weighted by Gasteiger charge is -2.12. The molecule has 0 aliphatic rings. The molecule has 0 atom stereocenters. The maximum atomic E-state index is 12.1. The van der Waals surface area contributed by atoms with E-state index in [0.29, 0.717) is 10.7 Å². The summed E-state index contributed by atoms with van der Waals surface area (Å²) in [5, 5.41) is 12.4. The summed E-state index contributed by atoms with van der Waals surface area (Å²) in [6.45, 7) is 7.99. The highest BCUT2D eigenvalue weighted by Crippen LogP contribution is 2.27. The van der Waals surface area contributed by atoms with E-state index in [1.54, 1.807) is 6.92 Å². The first-order valence-corrected chi connectivity index (χ1v) is 7.56. The number of hydrogen-bond acceptors (Lipinski definition) is 4. The Morgan fingerprint density at radius 1 is 1.19 bits per heavy atom. The molecule has 0 aliphatic carbocycles. The van der Waals surface area contributed by atoms with E-state index in [2.05, 4.69) is 36.3 Å². The van der Waals surface area contributed by atoms with Gasteiger partial charge in [-0.3, -0.25) is 10.1 Å². The summed E-state index contributed by atoms with van der Waals surface area (Å²) in [7, 11) is 0. The molecule has 0 saturated heterocycles. The number of nitrogens with one attached hydrogen (secondary N) is 1. The van der Waals surface area contributed by atoms with Crippen LogP contribution in [0.25, 0.3) is 6.08 Å². The minimum atomic E-state index is -0.157. The smallest absolute Gasteiger partial charge is 0.253 e. The number of carbonyl (C=O) groups excluding carboxylic acids is 1. The summed E-state index contributed by atoms with van der Waals surface area (Å²) < 4.78 is 0. The predicted molar refractivity (Wildman–Crippen MR) is 87.3 cm³/mol. The zero-order valence-corrected chi connectivity index (χ0v) is 13.5. The Hall–Kier alpha value is -2.01. The Balaban J connectivity index is 2.08. The number of nitrogens with zero attached hydrogens (tertiary/aromatic N) is 2. The van der Waals surface area contributed by atoms with Gasteiger partial charge in [0.15, 0.2) is 0 Å². The van der Waals surface area contributed by atoms with Gasteiger partial charge < -0.3 is 0 Å². The van der Waals surface area contributed by atoms with Gasteiger partial charge >= 0.3 is 0 Å². The highest BCUT2D eigenvalue weighted by Gasteiger charge is 2.20. The van der Waals surface area contributed by atoms with Crippen molar-refractivity contribution in [3.8, 4) is 0 Å².